The molecule has 4 N–H and O–H groups in total. The Kier molecular flexibility index (Phi) is 5.83. The highest BCUT2D eigenvalue weighted by Gasteiger charge is 2.20. The maximum Gasteiger partial charge on any atom is 0.124 e. The van der Waals surface area contributed by atoms with Crippen LogP contribution in [0.15, 0.2) is 18.2 Å². The maximum atomic E-state index is 9.33. The van der Waals surface area contributed by atoms with E-state index in [2.05, 4.69) is 18.7 Å². The van der Waals surface area contributed by atoms with Crippen LogP contribution < -0.4 is 10.6 Å². The first kappa shape index (κ1) is 15.5. The molecular weight excluding hydrogens is 238 g/mol. The number of nitrogens with zero attached hydrogens (tertiary/aromatic N) is 1. The Bertz CT molecular complexity index is 427. The van der Waals surface area contributed by atoms with Gasteiger partial charge in [0.05, 0.1) is 12.3 Å². The summed E-state index contributed by atoms with van der Waals surface area (Å²) in [6, 6.07) is 6.16. The number of anilines is 1. The molecule has 0 aliphatic heterocycles. The fraction of sp³-hybridized carbons (Fsp3) is 0.533. The SMILES string of the molecule is CCC(CC)N(CCO)c1c(C)cccc1C(=N)N. The van der Waals surface area contributed by atoms with E-state index >= 15 is 0 Å². The van der Waals surface area contributed by atoms with Crippen molar-refractivity contribution in [3.63, 3.8) is 0 Å². The molecule has 0 unspecified atom stereocenters. The minimum absolute atomic E-state index is 0.0765. The van der Waals surface area contributed by atoms with Crippen molar-refractivity contribution in [2.45, 2.75) is 39.7 Å². The number of aryl methyl sites for hydroxylation is 1. The van der Waals surface area contributed by atoms with E-state index < -0.39 is 0 Å². The molecule has 106 valence electrons. The van der Waals surface area contributed by atoms with Gasteiger partial charge in [-0.25, -0.2) is 0 Å². The van der Waals surface area contributed by atoms with Crippen molar-refractivity contribution in [1.82, 2.24) is 0 Å². The van der Waals surface area contributed by atoms with Crippen LogP contribution in [0.25, 0.3) is 0 Å². The molecule has 4 heteroatoms. The third-order valence-corrected chi connectivity index (χ3v) is 3.54. The molecule has 0 saturated heterocycles. The second-order valence-electron chi connectivity index (χ2n) is 4.77. The van der Waals surface area contributed by atoms with Crippen LogP contribution in [0.3, 0.4) is 0 Å². The lowest BCUT2D eigenvalue weighted by atomic mass is 10.0. The van der Waals surface area contributed by atoms with Gasteiger partial charge in [0.15, 0.2) is 0 Å². The summed E-state index contributed by atoms with van der Waals surface area (Å²) in [6.45, 7) is 6.97. The molecule has 19 heavy (non-hydrogen) atoms. The number of rotatable bonds is 7. The standard InChI is InChI=1S/C15H25N3O/c1-4-12(5-2)18(9-10-19)14-11(3)7-6-8-13(14)15(16)17/h6-8,12,19H,4-5,9-10H2,1-3H3,(H3,16,17). The number of hydrogen-bond donors (Lipinski definition) is 3. The fourth-order valence-electron chi connectivity index (χ4n) is 2.57. The minimum Gasteiger partial charge on any atom is -0.395 e. The second kappa shape index (κ2) is 7.14. The Morgan fingerprint density at radius 2 is 2.00 bits per heavy atom. The molecule has 1 aromatic rings. The number of nitrogens with two attached hydrogens (primary N) is 1. The van der Waals surface area contributed by atoms with Crippen LogP contribution in [-0.4, -0.2) is 30.1 Å². The lowest BCUT2D eigenvalue weighted by molar-refractivity contribution is 0.296. The molecule has 1 rings (SSSR count). The number of nitrogens with one attached hydrogen (secondary N) is 1. The molecule has 0 aromatic heterocycles. The molecule has 1 aromatic carbocycles. The Morgan fingerprint density at radius 3 is 2.47 bits per heavy atom. The number of hydrogen-bond acceptors (Lipinski definition) is 3. The highest BCUT2D eigenvalue weighted by molar-refractivity contribution is 6.01. The number of para-hydroxylation sites is 1. The molecule has 0 amide bonds. The van der Waals surface area contributed by atoms with Gasteiger partial charge in [0.1, 0.15) is 5.84 Å². The molecule has 0 bridgehead atoms. The van der Waals surface area contributed by atoms with Gasteiger partial charge in [-0.2, -0.15) is 0 Å². The van der Waals surface area contributed by atoms with Crippen LogP contribution in [0.4, 0.5) is 5.69 Å². The van der Waals surface area contributed by atoms with Gasteiger partial charge in [-0.05, 0) is 31.4 Å². The predicted octanol–water partition coefficient (Wildman–Crippen LogP) is 2.27. The van der Waals surface area contributed by atoms with Gasteiger partial charge in [-0.3, -0.25) is 5.41 Å². The van der Waals surface area contributed by atoms with Gasteiger partial charge >= 0.3 is 0 Å². The van der Waals surface area contributed by atoms with Gasteiger partial charge < -0.3 is 15.7 Å². The molecule has 0 atom stereocenters. The van der Waals surface area contributed by atoms with Crippen molar-refractivity contribution in [2.24, 2.45) is 5.73 Å². The zero-order valence-corrected chi connectivity index (χ0v) is 12.1. The van der Waals surface area contributed by atoms with Gasteiger partial charge in [0, 0.05) is 18.2 Å². The average Bonchev–Trinajstić information content (AvgIpc) is 2.39. The van der Waals surface area contributed by atoms with Crippen molar-refractivity contribution in [3.05, 3.63) is 29.3 Å². The van der Waals surface area contributed by atoms with Crippen molar-refractivity contribution in [3.8, 4) is 0 Å². The average molecular weight is 263 g/mol. The molecule has 0 spiro atoms. The second-order valence-corrected chi connectivity index (χ2v) is 4.77. The normalized spacial score (nSPS) is 10.8. The highest BCUT2D eigenvalue weighted by Crippen LogP contribution is 2.28. The van der Waals surface area contributed by atoms with Gasteiger partial charge in [0.25, 0.3) is 0 Å². The Balaban J connectivity index is 3.32. The fourth-order valence-corrected chi connectivity index (χ4v) is 2.57. The van der Waals surface area contributed by atoms with Crippen molar-refractivity contribution in [1.29, 1.82) is 5.41 Å². The van der Waals surface area contributed by atoms with Gasteiger partial charge in [-0.15, -0.1) is 0 Å². The van der Waals surface area contributed by atoms with Crippen LogP contribution >= 0.6 is 0 Å². The largest absolute Gasteiger partial charge is 0.395 e. The lowest BCUT2D eigenvalue weighted by Crippen LogP contribution is -2.38. The van der Waals surface area contributed by atoms with E-state index in [1.54, 1.807) is 0 Å². The molecule has 0 aliphatic carbocycles. The lowest BCUT2D eigenvalue weighted by Gasteiger charge is -2.34. The van der Waals surface area contributed by atoms with Crippen LogP contribution in [-0.2, 0) is 0 Å². The summed E-state index contributed by atoms with van der Waals surface area (Å²) < 4.78 is 0. The smallest absolute Gasteiger partial charge is 0.124 e. The van der Waals surface area contributed by atoms with Crippen LogP contribution in [0.1, 0.15) is 37.8 Å². The van der Waals surface area contributed by atoms with E-state index in [1.165, 1.54) is 0 Å². The van der Waals surface area contributed by atoms with E-state index in [0.717, 1.165) is 29.7 Å². The summed E-state index contributed by atoms with van der Waals surface area (Å²) in [4.78, 5) is 2.19. The van der Waals surface area contributed by atoms with E-state index in [1.807, 2.05) is 25.1 Å². The van der Waals surface area contributed by atoms with Crippen molar-refractivity contribution in [2.75, 3.05) is 18.1 Å². The third kappa shape index (κ3) is 3.47. The molecular formula is C15H25N3O. The maximum absolute atomic E-state index is 9.33. The zero-order valence-electron chi connectivity index (χ0n) is 12.1. The summed E-state index contributed by atoms with van der Waals surface area (Å²) in [7, 11) is 0. The Labute approximate surface area is 115 Å². The summed E-state index contributed by atoms with van der Waals surface area (Å²) in [6.07, 6.45) is 2.00. The monoisotopic (exact) mass is 263 g/mol. The number of nitrogen functional groups attached to an aromatic ring is 1. The molecule has 0 fully saturated rings. The Morgan fingerprint density at radius 1 is 1.37 bits per heavy atom. The number of benzene rings is 1. The summed E-state index contributed by atoms with van der Waals surface area (Å²) in [5.41, 5.74) is 8.52. The quantitative estimate of drug-likeness (QED) is 0.522. The highest BCUT2D eigenvalue weighted by atomic mass is 16.3. The minimum atomic E-state index is 0.0765. The molecule has 4 nitrogen and oxygen atoms in total. The number of aliphatic hydroxyl groups excluding tert-OH is 1. The number of aliphatic hydroxyl groups is 1. The molecule has 0 radical (unpaired) electrons. The van der Waals surface area contributed by atoms with Crippen LogP contribution in [0.2, 0.25) is 0 Å². The first-order chi connectivity index (χ1) is 9.06. The molecule has 0 saturated carbocycles. The summed E-state index contributed by atoms with van der Waals surface area (Å²) >= 11 is 0. The van der Waals surface area contributed by atoms with Crippen LogP contribution in [0, 0.1) is 12.3 Å². The first-order valence-electron chi connectivity index (χ1n) is 6.88. The number of amidine groups is 1. The van der Waals surface area contributed by atoms with E-state index in [-0.39, 0.29) is 12.4 Å². The van der Waals surface area contributed by atoms with Crippen molar-refractivity contribution < 1.29 is 5.11 Å². The van der Waals surface area contributed by atoms with Gasteiger partial charge in [-0.1, -0.05) is 26.0 Å². The van der Waals surface area contributed by atoms with E-state index in [0.29, 0.717) is 12.6 Å². The van der Waals surface area contributed by atoms with Crippen molar-refractivity contribution >= 4 is 11.5 Å². The van der Waals surface area contributed by atoms with E-state index in [4.69, 9.17) is 11.1 Å². The van der Waals surface area contributed by atoms with Crippen LogP contribution in [0.5, 0.6) is 0 Å². The zero-order chi connectivity index (χ0) is 14.4. The summed E-state index contributed by atoms with van der Waals surface area (Å²) in [5.74, 6) is 0.0765. The molecule has 0 heterocycles. The predicted molar refractivity (Wildman–Crippen MR) is 81.0 cm³/mol. The van der Waals surface area contributed by atoms with Gasteiger partial charge in [0.2, 0.25) is 0 Å². The van der Waals surface area contributed by atoms with E-state index in [9.17, 15) is 5.11 Å². The third-order valence-electron chi connectivity index (χ3n) is 3.54. The first-order valence-corrected chi connectivity index (χ1v) is 6.88. The Hall–Kier alpha value is -1.55. The molecule has 0 aliphatic rings. The topological polar surface area (TPSA) is 73.3 Å². The summed E-state index contributed by atoms with van der Waals surface area (Å²) in [5, 5.41) is 17.1.